The van der Waals surface area contributed by atoms with Crippen LogP contribution in [0.5, 0.6) is 11.8 Å². The predicted molar refractivity (Wildman–Crippen MR) is 308 cm³/mol. The lowest BCUT2D eigenvalue weighted by molar-refractivity contribution is -0.143. The first kappa shape index (κ1) is 53.9. The maximum Gasteiger partial charge on any atom is 0.319 e. The smallest absolute Gasteiger partial charge is 0.319 e. The highest BCUT2D eigenvalue weighted by Crippen LogP contribution is 2.54. The van der Waals surface area contributed by atoms with Crippen LogP contribution in [0.4, 0.5) is 10.2 Å². The van der Waals surface area contributed by atoms with Crippen LogP contribution < -0.4 is 25.0 Å². The zero-order valence-electron chi connectivity index (χ0n) is 46.5. The Morgan fingerprint density at radius 3 is 2.43 bits per heavy atom. The molecule has 426 valence electrons. The van der Waals surface area contributed by atoms with Crippen molar-refractivity contribution >= 4 is 50.8 Å². The van der Waals surface area contributed by atoms with Gasteiger partial charge in [0.15, 0.2) is 5.75 Å². The number of hydrogen-bond acceptors (Lipinski definition) is 16. The minimum absolute atomic E-state index is 0.0392. The number of piperazine rings is 1. The molecule has 7 atom stereocenters. The molecule has 1 aliphatic carbocycles. The monoisotopic (exact) mass is 1130 g/mol. The SMILES string of the molecule is Cc1ncsc1-c1ccc([C@@H](NC(=O)[C@@H]2C[C@@H](O)CN2C(=O)[C@H](C(C)C)n2cc(-c3ccc(COc4c(-c5c(C)c(F)cc6[nH]ncc56)c(C5CC5)cc5c(N6C[C@@H]7C[C@H]6CN7)nc(OC6CCOCC6)nc45)cc3)nn2)[C@H](C)O)cc1. The standard InChI is InChI=1S/C61H67FN12O7S/c1-31(2)55(60(78)73-27-42(76)21-50(73)59(77)66-53(34(5)75)38-12-14-39(15-13-38)57-33(4)64-30-82-57)74-28-49(70-71-74)37-8-6-35(7-9-37)29-80-56-52(51-32(3)47(62)23-48-46(51)25-65-69-48)44(36-10-11-36)22-45-54(56)67-61(81-43-16-18-79-19-17-43)68-58(45)72-26-40-20-41(72)24-63-40/h6-9,12-15,22-23,25,28,30-31,34,36,40-43,50,53,55,63,75-76H,10-11,16-21,24,26-27,29H2,1-5H3,(H,65,69)(H,66,77)/t34-,40-,41-,42+,50-,53-,55-/m0/s1. The molecule has 5 fully saturated rings. The van der Waals surface area contributed by atoms with Crippen molar-refractivity contribution in [1.29, 1.82) is 0 Å². The van der Waals surface area contributed by atoms with Crippen molar-refractivity contribution in [2.75, 3.05) is 37.7 Å². The number of aryl methyl sites for hydroxylation is 1. The van der Waals surface area contributed by atoms with Gasteiger partial charge in [-0.15, -0.1) is 16.4 Å². The average Bonchev–Trinajstić information content (AvgIpc) is 2.08. The molecule has 2 amide bonds. The number of aliphatic hydroxyl groups excluding tert-OH is 2. The second-order valence-electron chi connectivity index (χ2n) is 23.2. The number of carbonyl (C=O) groups excluding carboxylic acids is 2. The Morgan fingerprint density at radius 1 is 0.951 bits per heavy atom. The van der Waals surface area contributed by atoms with Gasteiger partial charge in [-0.1, -0.05) is 67.6 Å². The van der Waals surface area contributed by atoms with Crippen LogP contribution in [0.3, 0.4) is 0 Å². The van der Waals surface area contributed by atoms with E-state index in [9.17, 15) is 19.8 Å². The zero-order chi connectivity index (χ0) is 56.5. The number of halogens is 1. The Kier molecular flexibility index (Phi) is 14.5. The highest BCUT2D eigenvalue weighted by molar-refractivity contribution is 7.13. The lowest BCUT2D eigenvalue weighted by atomic mass is 9.88. The van der Waals surface area contributed by atoms with E-state index in [0.29, 0.717) is 58.4 Å². The van der Waals surface area contributed by atoms with E-state index in [1.54, 1.807) is 36.2 Å². The minimum Gasteiger partial charge on any atom is -0.486 e. The summed E-state index contributed by atoms with van der Waals surface area (Å²) in [4.78, 5) is 48.5. The second-order valence-corrected chi connectivity index (χ2v) is 24.1. The molecule has 0 spiro atoms. The van der Waals surface area contributed by atoms with Gasteiger partial charge < -0.3 is 44.9 Å². The third-order valence-corrected chi connectivity index (χ3v) is 18.1. The van der Waals surface area contributed by atoms with Gasteiger partial charge in [-0.05, 0) is 91.8 Å². The normalized spacial score (nSPS) is 21.2. The number of amides is 2. The van der Waals surface area contributed by atoms with Crippen LogP contribution >= 0.6 is 11.3 Å². The van der Waals surface area contributed by atoms with Crippen molar-refractivity contribution in [3.05, 3.63) is 112 Å². The number of nitrogens with zero attached hydrogens (tertiary/aromatic N) is 9. The van der Waals surface area contributed by atoms with Gasteiger partial charge in [0.1, 0.15) is 47.6 Å². The van der Waals surface area contributed by atoms with E-state index in [1.165, 1.54) is 15.6 Å². The van der Waals surface area contributed by atoms with Gasteiger partial charge in [0.2, 0.25) is 11.8 Å². The number of aromatic amines is 1. The maximum absolute atomic E-state index is 16.2. The van der Waals surface area contributed by atoms with Crippen LogP contribution in [-0.2, 0) is 20.9 Å². The number of aromatic nitrogens is 8. The molecule has 8 heterocycles. The molecule has 82 heavy (non-hydrogen) atoms. The number of fused-ring (bicyclic) bond motifs is 4. The maximum atomic E-state index is 16.2. The van der Waals surface area contributed by atoms with E-state index in [-0.39, 0.29) is 61.3 Å². The number of benzene rings is 4. The number of aliphatic hydroxyl groups is 2. The van der Waals surface area contributed by atoms with Gasteiger partial charge in [-0.2, -0.15) is 15.1 Å². The van der Waals surface area contributed by atoms with E-state index < -0.39 is 36.2 Å². The summed E-state index contributed by atoms with van der Waals surface area (Å²) in [5.74, 6) is 0.0767. The first-order valence-corrected chi connectivity index (χ1v) is 29.5. The van der Waals surface area contributed by atoms with Gasteiger partial charge in [-0.25, -0.2) is 14.1 Å². The number of ether oxygens (including phenoxy) is 3. The quantitative estimate of drug-likeness (QED) is 0.0578. The van der Waals surface area contributed by atoms with E-state index in [2.05, 4.69) is 47.1 Å². The fourth-order valence-electron chi connectivity index (χ4n) is 12.7. The topological polar surface area (TPSA) is 231 Å². The lowest BCUT2D eigenvalue weighted by Gasteiger charge is -2.31. The third-order valence-electron chi connectivity index (χ3n) is 17.1. The Labute approximate surface area is 477 Å². The van der Waals surface area contributed by atoms with Crippen molar-refractivity contribution in [3.8, 4) is 44.6 Å². The Bertz CT molecular complexity index is 3690. The molecule has 21 heteroatoms. The molecular weight excluding hydrogens is 1060 g/mol. The van der Waals surface area contributed by atoms with Gasteiger partial charge in [0, 0.05) is 78.4 Å². The first-order chi connectivity index (χ1) is 39.7. The third kappa shape index (κ3) is 10.2. The Balaban J connectivity index is 0.786. The molecule has 0 unspecified atom stereocenters. The van der Waals surface area contributed by atoms with Crippen LogP contribution in [0.1, 0.15) is 105 Å². The molecule has 5 N–H and O–H groups in total. The largest absolute Gasteiger partial charge is 0.486 e. The number of H-pyrrole nitrogens is 1. The number of rotatable bonds is 17. The predicted octanol–water partition coefficient (Wildman–Crippen LogP) is 8.27. The lowest BCUT2D eigenvalue weighted by Crippen LogP contribution is -2.50. The van der Waals surface area contributed by atoms with Crippen molar-refractivity contribution < 1.29 is 38.4 Å². The number of nitrogens with one attached hydrogen (secondary N) is 3. The van der Waals surface area contributed by atoms with Crippen LogP contribution in [-0.4, -0.2) is 136 Å². The average molecular weight is 1130 g/mol. The summed E-state index contributed by atoms with van der Waals surface area (Å²) >= 11 is 1.54. The van der Waals surface area contributed by atoms with Crippen LogP contribution in [0.15, 0.2) is 78.6 Å². The summed E-state index contributed by atoms with van der Waals surface area (Å²) in [6.45, 7) is 12.1. The highest BCUT2D eigenvalue weighted by atomic mass is 32.1. The van der Waals surface area contributed by atoms with Crippen molar-refractivity contribution in [3.63, 3.8) is 0 Å². The Morgan fingerprint density at radius 2 is 1.73 bits per heavy atom. The number of hydrogen-bond donors (Lipinski definition) is 5. The molecular formula is C61H67FN12O7S. The highest BCUT2D eigenvalue weighted by Gasteiger charge is 2.44. The summed E-state index contributed by atoms with van der Waals surface area (Å²) in [5.41, 5.74) is 10.7. The molecule has 0 radical (unpaired) electrons. The van der Waals surface area contributed by atoms with Crippen molar-refractivity contribution in [1.82, 2.24) is 55.7 Å². The molecule has 4 aromatic heterocycles. The first-order valence-electron chi connectivity index (χ1n) is 28.6. The van der Waals surface area contributed by atoms with Crippen LogP contribution in [0, 0.1) is 25.6 Å². The summed E-state index contributed by atoms with van der Waals surface area (Å²) in [6.07, 6.45) is 5.94. The van der Waals surface area contributed by atoms with E-state index in [1.807, 2.05) is 76.2 Å². The number of β-amino-alcohol motifs (C(OH)–C–C–N with tert-alkyl or cyclic N) is 1. The summed E-state index contributed by atoms with van der Waals surface area (Å²) in [6, 6.07) is 17.4. The fraction of sp³-hybridized carbons (Fsp3) is 0.443. The molecule has 4 aliphatic heterocycles. The molecule has 4 saturated heterocycles. The summed E-state index contributed by atoms with van der Waals surface area (Å²) in [7, 11) is 0. The number of anilines is 1. The van der Waals surface area contributed by atoms with E-state index in [4.69, 9.17) is 24.2 Å². The zero-order valence-corrected chi connectivity index (χ0v) is 47.3. The molecule has 1 saturated carbocycles. The van der Waals surface area contributed by atoms with E-state index in [0.717, 1.165) is 100 Å². The number of likely N-dealkylation sites (tertiary alicyclic amines) is 1. The minimum atomic E-state index is -0.989. The van der Waals surface area contributed by atoms with Crippen LogP contribution in [0.2, 0.25) is 0 Å². The van der Waals surface area contributed by atoms with Crippen LogP contribution in [0.25, 0.3) is 54.6 Å². The summed E-state index contributed by atoms with van der Waals surface area (Å²) in [5, 5.41) is 46.6. The van der Waals surface area contributed by atoms with Crippen molar-refractivity contribution in [2.24, 2.45) is 5.92 Å². The van der Waals surface area contributed by atoms with Crippen molar-refractivity contribution in [2.45, 2.75) is 134 Å². The van der Waals surface area contributed by atoms with E-state index >= 15 is 4.39 Å². The molecule has 8 aromatic rings. The van der Waals surface area contributed by atoms with Gasteiger partial charge in [0.25, 0.3) is 0 Å². The fourth-order valence-corrected chi connectivity index (χ4v) is 13.5. The molecule has 4 aromatic carbocycles. The van der Waals surface area contributed by atoms with Gasteiger partial charge in [0.05, 0.1) is 65.5 Å². The molecule has 19 nitrogen and oxygen atoms in total. The molecule has 13 rings (SSSR count). The summed E-state index contributed by atoms with van der Waals surface area (Å²) < 4.78 is 37.2. The van der Waals surface area contributed by atoms with Gasteiger partial charge >= 0.3 is 6.01 Å². The Hall–Kier alpha value is -7.43. The molecule has 2 bridgehead atoms. The second kappa shape index (κ2) is 22.0. The molecule has 5 aliphatic rings. The number of carbonyl (C=O) groups is 2. The van der Waals surface area contributed by atoms with Gasteiger partial charge in [-0.3, -0.25) is 14.7 Å². The number of thiazole rings is 1.